The smallest absolute Gasteiger partial charge is 0.340 e. The Morgan fingerprint density at radius 1 is 1.31 bits per heavy atom. The van der Waals surface area contributed by atoms with Crippen LogP contribution in [0.2, 0.25) is 0 Å². The summed E-state index contributed by atoms with van der Waals surface area (Å²) in [5.41, 5.74) is 8.73. The molecule has 0 atom stereocenters. The van der Waals surface area contributed by atoms with Crippen molar-refractivity contribution < 1.29 is 23.6 Å². The first-order valence-corrected chi connectivity index (χ1v) is 7.58. The van der Waals surface area contributed by atoms with Crippen molar-refractivity contribution in [3.05, 3.63) is 50.2 Å². The SMILES string of the molecule is Cc1c(CC(=O)ON2C(=O)CCC2=O)c(=O)oc2cc(N=[N+]=[N-])ccc12. The van der Waals surface area contributed by atoms with E-state index in [-0.39, 0.29) is 29.7 Å². The second-order valence-electron chi connectivity index (χ2n) is 5.58. The van der Waals surface area contributed by atoms with Crippen molar-refractivity contribution in [3.63, 3.8) is 0 Å². The zero-order valence-electron chi connectivity index (χ0n) is 13.6. The second kappa shape index (κ2) is 6.69. The minimum Gasteiger partial charge on any atom is -0.422 e. The van der Waals surface area contributed by atoms with Crippen molar-refractivity contribution in [2.75, 3.05) is 0 Å². The highest BCUT2D eigenvalue weighted by Crippen LogP contribution is 2.25. The van der Waals surface area contributed by atoms with Gasteiger partial charge in [0.1, 0.15) is 5.58 Å². The Hall–Kier alpha value is -3.65. The molecule has 0 spiro atoms. The van der Waals surface area contributed by atoms with Gasteiger partial charge in [0.05, 0.1) is 12.0 Å². The summed E-state index contributed by atoms with van der Waals surface area (Å²) in [6, 6.07) is 4.55. The number of amides is 2. The zero-order chi connectivity index (χ0) is 18.8. The molecule has 132 valence electrons. The number of carbonyl (C=O) groups is 3. The third kappa shape index (κ3) is 3.13. The first-order chi connectivity index (χ1) is 12.4. The summed E-state index contributed by atoms with van der Waals surface area (Å²) >= 11 is 0. The van der Waals surface area contributed by atoms with Crippen LogP contribution in [0.4, 0.5) is 5.69 Å². The molecule has 1 aliphatic rings. The fourth-order valence-electron chi connectivity index (χ4n) is 2.64. The minimum atomic E-state index is -0.922. The number of hydrogen-bond donors (Lipinski definition) is 0. The number of nitrogens with zero attached hydrogens (tertiary/aromatic N) is 4. The summed E-state index contributed by atoms with van der Waals surface area (Å²) in [7, 11) is 0. The molecule has 2 aromatic rings. The lowest BCUT2D eigenvalue weighted by Crippen LogP contribution is -2.33. The average molecular weight is 356 g/mol. The molecule has 1 aromatic heterocycles. The number of azide groups is 1. The first-order valence-electron chi connectivity index (χ1n) is 7.58. The molecule has 1 aliphatic heterocycles. The van der Waals surface area contributed by atoms with Gasteiger partial charge in [-0.2, -0.15) is 0 Å². The Bertz CT molecular complexity index is 1030. The van der Waals surface area contributed by atoms with Gasteiger partial charge in [0.2, 0.25) is 0 Å². The van der Waals surface area contributed by atoms with Gasteiger partial charge in [0.25, 0.3) is 11.8 Å². The normalized spacial score (nSPS) is 13.8. The van der Waals surface area contributed by atoms with E-state index in [9.17, 15) is 19.2 Å². The van der Waals surface area contributed by atoms with Crippen LogP contribution in [0.5, 0.6) is 0 Å². The monoisotopic (exact) mass is 356 g/mol. The maximum Gasteiger partial charge on any atom is 0.340 e. The van der Waals surface area contributed by atoms with E-state index in [1.54, 1.807) is 19.1 Å². The van der Waals surface area contributed by atoms with Crippen LogP contribution in [0, 0.1) is 6.92 Å². The van der Waals surface area contributed by atoms with Crippen LogP contribution in [0.25, 0.3) is 21.4 Å². The molecule has 0 unspecified atom stereocenters. The van der Waals surface area contributed by atoms with Crippen molar-refractivity contribution >= 4 is 34.4 Å². The molecule has 0 aliphatic carbocycles. The molecule has 1 saturated heterocycles. The van der Waals surface area contributed by atoms with Crippen molar-refractivity contribution in [1.29, 1.82) is 0 Å². The van der Waals surface area contributed by atoms with Gasteiger partial charge in [0.15, 0.2) is 0 Å². The zero-order valence-corrected chi connectivity index (χ0v) is 13.6. The minimum absolute atomic E-state index is 0.0171. The maximum absolute atomic E-state index is 12.2. The van der Waals surface area contributed by atoms with Crippen LogP contribution in [0.1, 0.15) is 24.0 Å². The van der Waals surface area contributed by atoms with Gasteiger partial charge in [-0.1, -0.05) is 17.2 Å². The third-order valence-electron chi connectivity index (χ3n) is 3.95. The largest absolute Gasteiger partial charge is 0.422 e. The number of rotatable bonds is 4. The summed E-state index contributed by atoms with van der Waals surface area (Å²) in [5.74, 6) is -2.12. The van der Waals surface area contributed by atoms with E-state index in [1.165, 1.54) is 6.07 Å². The fourth-order valence-corrected chi connectivity index (χ4v) is 2.64. The van der Waals surface area contributed by atoms with Crippen molar-refractivity contribution in [2.24, 2.45) is 5.11 Å². The highest BCUT2D eigenvalue weighted by atomic mass is 16.7. The predicted octanol–water partition coefficient (Wildman–Crippen LogP) is 2.19. The Morgan fingerprint density at radius 2 is 2.00 bits per heavy atom. The molecular formula is C16H12N4O6. The average Bonchev–Trinajstić information content (AvgIpc) is 2.90. The number of carbonyl (C=O) groups excluding carboxylic acids is 3. The molecule has 3 rings (SSSR count). The number of imide groups is 1. The molecular weight excluding hydrogens is 344 g/mol. The van der Waals surface area contributed by atoms with Gasteiger partial charge in [-0.25, -0.2) is 9.59 Å². The molecule has 0 saturated carbocycles. The van der Waals surface area contributed by atoms with E-state index in [0.29, 0.717) is 16.0 Å². The van der Waals surface area contributed by atoms with Gasteiger partial charge in [-0.3, -0.25) is 9.59 Å². The standard InChI is InChI=1S/C16H12N4O6/c1-8-10-3-2-9(18-19-17)6-12(10)25-16(24)11(8)7-15(23)26-20-13(21)4-5-14(20)22/h2-3,6H,4-5,7H2,1H3. The van der Waals surface area contributed by atoms with Crippen LogP contribution in [0.15, 0.2) is 32.5 Å². The van der Waals surface area contributed by atoms with E-state index in [1.807, 2.05) is 0 Å². The number of hydrogen-bond acceptors (Lipinski definition) is 7. The molecule has 2 amide bonds. The molecule has 1 aromatic carbocycles. The topological polar surface area (TPSA) is 143 Å². The van der Waals surface area contributed by atoms with Crippen LogP contribution in [0.3, 0.4) is 0 Å². The lowest BCUT2D eigenvalue weighted by molar-refractivity contribution is -0.197. The van der Waals surface area contributed by atoms with Crippen LogP contribution >= 0.6 is 0 Å². The molecule has 10 nitrogen and oxygen atoms in total. The molecule has 2 heterocycles. The fraction of sp³-hybridized carbons (Fsp3) is 0.250. The summed E-state index contributed by atoms with van der Waals surface area (Å²) in [4.78, 5) is 54.6. The Balaban J connectivity index is 1.90. The summed E-state index contributed by atoms with van der Waals surface area (Å²) in [6.45, 7) is 1.63. The molecule has 0 bridgehead atoms. The third-order valence-corrected chi connectivity index (χ3v) is 3.95. The van der Waals surface area contributed by atoms with E-state index < -0.39 is 29.8 Å². The molecule has 26 heavy (non-hydrogen) atoms. The lowest BCUT2D eigenvalue weighted by Gasteiger charge is -2.13. The highest BCUT2D eigenvalue weighted by Gasteiger charge is 2.33. The van der Waals surface area contributed by atoms with Gasteiger partial charge in [-0.15, -0.1) is 5.06 Å². The van der Waals surface area contributed by atoms with Crippen molar-refractivity contribution in [3.8, 4) is 0 Å². The Morgan fingerprint density at radius 3 is 2.65 bits per heavy atom. The van der Waals surface area contributed by atoms with Crippen molar-refractivity contribution in [1.82, 2.24) is 5.06 Å². The summed E-state index contributed by atoms with van der Waals surface area (Å²) in [6.07, 6.45) is -0.493. The van der Waals surface area contributed by atoms with E-state index in [4.69, 9.17) is 14.8 Å². The number of benzene rings is 1. The van der Waals surface area contributed by atoms with E-state index in [2.05, 4.69) is 10.0 Å². The van der Waals surface area contributed by atoms with Crippen molar-refractivity contribution in [2.45, 2.75) is 26.2 Å². The number of hydroxylamine groups is 2. The van der Waals surface area contributed by atoms with E-state index in [0.717, 1.165) is 0 Å². The van der Waals surface area contributed by atoms with Crippen LogP contribution < -0.4 is 5.63 Å². The molecule has 10 heteroatoms. The van der Waals surface area contributed by atoms with Crippen LogP contribution in [-0.2, 0) is 25.6 Å². The van der Waals surface area contributed by atoms with Gasteiger partial charge in [0, 0.05) is 28.8 Å². The van der Waals surface area contributed by atoms with Gasteiger partial charge in [-0.05, 0) is 24.1 Å². The summed E-state index contributed by atoms with van der Waals surface area (Å²) < 4.78 is 5.18. The highest BCUT2D eigenvalue weighted by molar-refractivity contribution is 6.01. The number of aryl methyl sites for hydroxylation is 1. The van der Waals surface area contributed by atoms with E-state index >= 15 is 0 Å². The Kier molecular flexibility index (Phi) is 4.42. The first kappa shape index (κ1) is 17.2. The molecule has 0 N–H and O–H groups in total. The van der Waals surface area contributed by atoms with Gasteiger partial charge >= 0.3 is 11.6 Å². The lowest BCUT2D eigenvalue weighted by atomic mass is 10.0. The predicted molar refractivity (Wildman–Crippen MR) is 86.9 cm³/mol. The second-order valence-corrected chi connectivity index (χ2v) is 5.58. The maximum atomic E-state index is 12.2. The van der Waals surface area contributed by atoms with Crippen LogP contribution in [-0.4, -0.2) is 22.8 Å². The Labute approximate surface area is 145 Å². The van der Waals surface area contributed by atoms with Gasteiger partial charge < -0.3 is 9.25 Å². The molecule has 1 fully saturated rings. The summed E-state index contributed by atoms with van der Waals surface area (Å²) in [5, 5.41) is 4.41. The molecule has 0 radical (unpaired) electrons. The quantitative estimate of drug-likeness (QED) is 0.270. The number of fused-ring (bicyclic) bond motifs is 1.